The van der Waals surface area contributed by atoms with E-state index < -0.39 is 16.0 Å². The van der Waals surface area contributed by atoms with Gasteiger partial charge in [0.25, 0.3) is 0 Å². The summed E-state index contributed by atoms with van der Waals surface area (Å²) in [5.41, 5.74) is 4.99. The molecule has 8 nitrogen and oxygen atoms in total. The Bertz CT molecular complexity index is 1720. The third kappa shape index (κ3) is 6.36. The van der Waals surface area contributed by atoms with Crippen LogP contribution in [0.15, 0.2) is 83.9 Å². The number of ether oxygens (including phenoxy) is 2. The Labute approximate surface area is 243 Å². The van der Waals surface area contributed by atoms with Crippen molar-refractivity contribution in [2.45, 2.75) is 30.2 Å². The third-order valence-corrected chi connectivity index (χ3v) is 9.60. The molecule has 0 amide bonds. The standard InChI is InChI=1S/C31H31N3O5S2/c1-38-31(35)15-7-22-6-13-28-23(20-22)8-14-30(28)34(17-16-24-21-33-29-5-3-2-4-27(24)29)41(36,37)26-11-9-25(10-12-26)39-18-19-40-32/h2-7,9-13,15,20-21,30,33H,8,14,16-19H2,1H3. The van der Waals surface area contributed by atoms with Gasteiger partial charge in [-0.15, -0.1) is 0 Å². The lowest BCUT2D eigenvalue weighted by Gasteiger charge is -2.29. The van der Waals surface area contributed by atoms with Crippen molar-refractivity contribution in [3.8, 4) is 5.75 Å². The van der Waals surface area contributed by atoms with Crippen LogP contribution in [-0.2, 0) is 32.4 Å². The molecule has 1 aliphatic rings. The molecule has 0 aliphatic heterocycles. The van der Waals surface area contributed by atoms with Crippen LogP contribution in [0.4, 0.5) is 0 Å². The van der Waals surface area contributed by atoms with E-state index in [9.17, 15) is 13.2 Å². The molecule has 212 valence electrons. The van der Waals surface area contributed by atoms with Crippen molar-refractivity contribution in [3.63, 3.8) is 0 Å². The van der Waals surface area contributed by atoms with Crippen molar-refractivity contribution in [1.29, 1.82) is 4.61 Å². The summed E-state index contributed by atoms with van der Waals surface area (Å²) in [5.74, 6) is 0.534. The summed E-state index contributed by atoms with van der Waals surface area (Å²) < 4.78 is 49.2. The molecule has 4 aromatic rings. The number of carbonyl (C=O) groups excluding carboxylic acids is 1. The van der Waals surface area contributed by atoms with Gasteiger partial charge in [-0.1, -0.05) is 36.4 Å². The van der Waals surface area contributed by atoms with Gasteiger partial charge in [0.15, 0.2) is 0 Å². The SMILES string of the molecule is COC(=O)C=Cc1ccc2c(c1)CCC2N(CCc1c[nH]c2ccccc12)S(=O)(=O)c1ccc(OCCS#N)cc1. The van der Waals surface area contributed by atoms with Crippen molar-refractivity contribution in [2.24, 2.45) is 0 Å². The van der Waals surface area contributed by atoms with Gasteiger partial charge in [-0.3, -0.25) is 0 Å². The average molecular weight is 590 g/mol. The molecule has 1 N–H and O–H groups in total. The third-order valence-electron chi connectivity index (χ3n) is 7.32. The van der Waals surface area contributed by atoms with Crippen LogP contribution in [0.3, 0.4) is 0 Å². The maximum absolute atomic E-state index is 14.2. The summed E-state index contributed by atoms with van der Waals surface area (Å²) in [6.07, 6.45) is 6.97. The summed E-state index contributed by atoms with van der Waals surface area (Å²) in [6.45, 7) is 0.629. The Balaban J connectivity index is 1.45. The number of rotatable bonds is 11. The minimum absolute atomic E-state index is 0.200. The minimum Gasteiger partial charge on any atom is -0.492 e. The first-order valence-electron chi connectivity index (χ1n) is 13.4. The lowest BCUT2D eigenvalue weighted by molar-refractivity contribution is -0.134. The number of sulfonamides is 1. The number of nitrogens with zero attached hydrogens (tertiary/aromatic N) is 2. The number of H-pyrrole nitrogens is 1. The molecule has 0 spiro atoms. The summed E-state index contributed by atoms with van der Waals surface area (Å²) in [4.78, 5) is 15.0. The van der Waals surface area contributed by atoms with Crippen LogP contribution in [0.25, 0.3) is 17.0 Å². The van der Waals surface area contributed by atoms with E-state index in [0.717, 1.165) is 39.6 Å². The Morgan fingerprint density at radius 2 is 1.95 bits per heavy atom. The van der Waals surface area contributed by atoms with Gasteiger partial charge >= 0.3 is 5.97 Å². The monoisotopic (exact) mass is 589 g/mol. The molecule has 10 heteroatoms. The van der Waals surface area contributed by atoms with E-state index in [1.54, 1.807) is 34.6 Å². The fourth-order valence-electron chi connectivity index (χ4n) is 5.30. The molecule has 0 fully saturated rings. The first-order chi connectivity index (χ1) is 19.9. The van der Waals surface area contributed by atoms with Crippen molar-refractivity contribution < 1.29 is 22.7 Å². The number of carbonyl (C=O) groups is 1. The van der Waals surface area contributed by atoms with Crippen molar-refractivity contribution >= 4 is 44.4 Å². The molecule has 0 saturated carbocycles. The number of aromatic amines is 1. The number of esters is 1. The quantitative estimate of drug-likeness (QED) is 0.133. The number of aryl methyl sites for hydroxylation is 1. The second kappa shape index (κ2) is 12.7. The summed E-state index contributed by atoms with van der Waals surface area (Å²) in [5, 5.41) is 1.08. The van der Waals surface area contributed by atoms with Gasteiger partial charge in [-0.25, -0.2) is 13.2 Å². The zero-order valence-corrected chi connectivity index (χ0v) is 24.3. The average Bonchev–Trinajstić information content (AvgIpc) is 3.60. The molecule has 5 rings (SSSR count). The number of hydrogen-bond acceptors (Lipinski definition) is 6. The first kappa shape index (κ1) is 28.6. The lowest BCUT2D eigenvalue weighted by atomic mass is 10.0. The molecule has 1 aliphatic carbocycles. The van der Waals surface area contributed by atoms with Crippen molar-refractivity contribution in [2.75, 3.05) is 26.0 Å². The van der Waals surface area contributed by atoms with E-state index in [2.05, 4.69) is 9.72 Å². The van der Waals surface area contributed by atoms with E-state index in [1.807, 2.05) is 48.7 Å². The summed E-state index contributed by atoms with van der Waals surface area (Å²) in [7, 11) is -2.53. The van der Waals surface area contributed by atoms with Gasteiger partial charge in [0, 0.05) is 41.1 Å². The normalized spacial score (nSPS) is 14.9. The van der Waals surface area contributed by atoms with Gasteiger partial charge < -0.3 is 14.5 Å². The minimum atomic E-state index is -3.86. The molecule has 1 unspecified atom stereocenters. The largest absolute Gasteiger partial charge is 0.492 e. The molecule has 0 saturated heterocycles. The van der Waals surface area contributed by atoms with Gasteiger partial charge in [0.2, 0.25) is 10.0 Å². The predicted molar refractivity (Wildman–Crippen MR) is 161 cm³/mol. The number of para-hydroxylation sites is 1. The Morgan fingerprint density at radius 1 is 1.15 bits per heavy atom. The van der Waals surface area contributed by atoms with Gasteiger partial charge in [-0.05, 0) is 77.9 Å². The van der Waals surface area contributed by atoms with Gasteiger partial charge in [-0.2, -0.15) is 8.91 Å². The highest BCUT2D eigenvalue weighted by Gasteiger charge is 2.36. The molecule has 1 atom stereocenters. The first-order valence-corrected chi connectivity index (χ1v) is 15.7. The fraction of sp³-hybridized carbons (Fsp3) is 0.258. The molecule has 41 heavy (non-hydrogen) atoms. The van der Waals surface area contributed by atoms with Crippen LogP contribution in [0.5, 0.6) is 5.75 Å². The second-order valence-corrected chi connectivity index (χ2v) is 12.3. The van der Waals surface area contributed by atoms with Crippen LogP contribution in [-0.4, -0.2) is 49.7 Å². The zero-order valence-electron chi connectivity index (χ0n) is 22.7. The molecule has 1 heterocycles. The molecule has 0 bridgehead atoms. The van der Waals surface area contributed by atoms with Gasteiger partial charge in [0.1, 0.15) is 12.4 Å². The zero-order chi connectivity index (χ0) is 28.8. The van der Waals surface area contributed by atoms with Crippen LogP contribution in [0.2, 0.25) is 0 Å². The Morgan fingerprint density at radius 3 is 2.73 bits per heavy atom. The highest BCUT2D eigenvalue weighted by molar-refractivity contribution is 7.89. The molecule has 3 aromatic carbocycles. The molecule has 0 radical (unpaired) electrons. The predicted octanol–water partition coefficient (Wildman–Crippen LogP) is 5.87. The Hall–Kier alpha value is -3.95. The van der Waals surface area contributed by atoms with Crippen molar-refractivity contribution in [3.05, 3.63) is 101 Å². The maximum Gasteiger partial charge on any atom is 0.330 e. The van der Waals surface area contributed by atoms with Crippen molar-refractivity contribution in [1.82, 2.24) is 9.29 Å². The number of methoxy groups -OCH3 is 1. The van der Waals surface area contributed by atoms with E-state index in [1.165, 1.54) is 13.2 Å². The van der Waals surface area contributed by atoms with E-state index in [4.69, 9.17) is 9.35 Å². The van der Waals surface area contributed by atoms with Crippen LogP contribution >= 0.6 is 11.4 Å². The smallest absolute Gasteiger partial charge is 0.330 e. The summed E-state index contributed by atoms with van der Waals surface area (Å²) in [6, 6.07) is 20.0. The number of nitrogens with one attached hydrogen (secondary N) is 1. The Kier molecular flexibility index (Phi) is 8.85. The van der Waals surface area contributed by atoms with E-state index in [-0.39, 0.29) is 10.9 Å². The fourth-order valence-corrected chi connectivity index (χ4v) is 7.10. The number of fused-ring (bicyclic) bond motifs is 2. The molecule has 1 aromatic heterocycles. The number of benzene rings is 3. The van der Waals surface area contributed by atoms with E-state index in [0.29, 0.717) is 48.9 Å². The topological polar surface area (TPSA) is 112 Å². The van der Waals surface area contributed by atoms with Gasteiger partial charge in [0.05, 0.1) is 23.8 Å². The highest BCUT2D eigenvalue weighted by atomic mass is 32.2. The van der Waals surface area contributed by atoms with Crippen LogP contribution < -0.4 is 4.74 Å². The van der Waals surface area contributed by atoms with E-state index >= 15 is 0 Å². The number of aromatic nitrogens is 1. The second-order valence-electron chi connectivity index (χ2n) is 9.75. The summed E-state index contributed by atoms with van der Waals surface area (Å²) >= 11 is 0.697. The molecular weight excluding hydrogens is 558 g/mol. The maximum atomic E-state index is 14.2. The lowest BCUT2D eigenvalue weighted by Crippen LogP contribution is -2.35. The van der Waals surface area contributed by atoms with Crippen LogP contribution in [0, 0.1) is 4.61 Å². The highest BCUT2D eigenvalue weighted by Crippen LogP contribution is 2.40. The number of hydrogen-bond donors (Lipinski definition) is 1. The van der Waals surface area contributed by atoms with Crippen LogP contribution in [0.1, 0.15) is 34.7 Å². The molecular formula is C31H31N3O5S2.